The molecule has 110 valence electrons. The van der Waals surface area contributed by atoms with Crippen molar-refractivity contribution in [3.05, 3.63) is 18.5 Å². The van der Waals surface area contributed by atoms with Gasteiger partial charge in [0.25, 0.3) is 0 Å². The number of anilines is 2. The van der Waals surface area contributed by atoms with Gasteiger partial charge in [-0.3, -0.25) is 14.7 Å². The Bertz CT molecular complexity index is 468. The van der Waals surface area contributed by atoms with Gasteiger partial charge in [-0.1, -0.05) is 0 Å². The summed E-state index contributed by atoms with van der Waals surface area (Å²) in [5, 5.41) is 0. The number of aromatic nitrogens is 1. The van der Waals surface area contributed by atoms with Crippen molar-refractivity contribution in [2.24, 2.45) is 0 Å². The van der Waals surface area contributed by atoms with Crippen molar-refractivity contribution in [1.82, 2.24) is 14.8 Å². The van der Waals surface area contributed by atoms with Gasteiger partial charge in [-0.05, 0) is 13.0 Å². The first-order valence-electron chi connectivity index (χ1n) is 6.90. The lowest BCUT2D eigenvalue weighted by molar-refractivity contribution is -0.133. The molecule has 1 aromatic rings. The van der Waals surface area contributed by atoms with Crippen molar-refractivity contribution in [2.45, 2.75) is 13.0 Å². The number of pyridine rings is 1. The minimum Gasteiger partial charge on any atom is -0.396 e. The van der Waals surface area contributed by atoms with Gasteiger partial charge in [0, 0.05) is 46.5 Å². The molecule has 0 saturated carbocycles. The zero-order valence-electron chi connectivity index (χ0n) is 12.4. The van der Waals surface area contributed by atoms with E-state index in [2.05, 4.69) is 14.8 Å². The highest BCUT2D eigenvalue weighted by molar-refractivity contribution is 5.81. The molecule has 1 aliphatic heterocycles. The number of nitrogens with two attached hydrogens (primary N) is 1. The Morgan fingerprint density at radius 3 is 2.55 bits per heavy atom. The summed E-state index contributed by atoms with van der Waals surface area (Å²) in [6.45, 7) is 5.45. The molecule has 6 heteroatoms. The summed E-state index contributed by atoms with van der Waals surface area (Å²) in [5.41, 5.74) is 7.70. The molecule has 0 bridgehead atoms. The number of piperazine rings is 1. The molecule has 1 saturated heterocycles. The highest BCUT2D eigenvalue weighted by atomic mass is 16.2. The summed E-state index contributed by atoms with van der Waals surface area (Å²) in [6, 6.07) is 1.88. The van der Waals surface area contributed by atoms with E-state index in [0.717, 1.165) is 31.9 Å². The number of likely N-dealkylation sites (N-methyl/N-ethyl adjacent to an activating group) is 1. The van der Waals surface area contributed by atoms with Crippen molar-refractivity contribution in [1.29, 1.82) is 0 Å². The van der Waals surface area contributed by atoms with Crippen LogP contribution in [-0.4, -0.2) is 67.0 Å². The van der Waals surface area contributed by atoms with Crippen LogP contribution >= 0.6 is 0 Å². The molecule has 0 aliphatic carbocycles. The number of nitrogen functional groups attached to an aromatic ring is 1. The number of carbonyl (C=O) groups excluding carboxylic acids is 1. The van der Waals surface area contributed by atoms with Crippen LogP contribution in [0.15, 0.2) is 18.5 Å². The second-order valence-corrected chi connectivity index (χ2v) is 5.37. The van der Waals surface area contributed by atoms with Crippen LogP contribution in [-0.2, 0) is 4.79 Å². The van der Waals surface area contributed by atoms with Crippen molar-refractivity contribution >= 4 is 17.3 Å². The molecule has 1 aromatic heterocycles. The quantitative estimate of drug-likeness (QED) is 0.858. The molecular formula is C14H23N5O. The van der Waals surface area contributed by atoms with Crippen LogP contribution in [0.2, 0.25) is 0 Å². The third-order valence-corrected chi connectivity index (χ3v) is 3.83. The lowest BCUT2D eigenvalue weighted by atomic mass is 10.2. The van der Waals surface area contributed by atoms with Crippen molar-refractivity contribution in [2.75, 3.05) is 50.9 Å². The Morgan fingerprint density at radius 1 is 1.35 bits per heavy atom. The number of hydrogen-bond donors (Lipinski definition) is 1. The lowest BCUT2D eigenvalue weighted by Crippen LogP contribution is -2.53. The topological polar surface area (TPSA) is 65.7 Å². The fraction of sp³-hybridized carbons (Fsp3) is 0.571. The van der Waals surface area contributed by atoms with E-state index in [1.165, 1.54) is 0 Å². The molecule has 0 spiro atoms. The monoisotopic (exact) mass is 277 g/mol. The van der Waals surface area contributed by atoms with E-state index in [4.69, 9.17) is 5.73 Å². The number of nitrogens with zero attached hydrogens (tertiary/aromatic N) is 4. The summed E-state index contributed by atoms with van der Waals surface area (Å²) in [4.78, 5) is 22.1. The van der Waals surface area contributed by atoms with Crippen LogP contribution in [0.25, 0.3) is 0 Å². The third kappa shape index (κ3) is 3.01. The molecule has 2 N–H and O–H groups in total. The smallest absolute Gasteiger partial charge is 0.239 e. The number of hydrogen-bond acceptors (Lipinski definition) is 5. The van der Waals surface area contributed by atoms with Gasteiger partial charge < -0.3 is 15.5 Å². The van der Waals surface area contributed by atoms with E-state index in [0.29, 0.717) is 5.69 Å². The first-order valence-corrected chi connectivity index (χ1v) is 6.90. The van der Waals surface area contributed by atoms with E-state index in [9.17, 15) is 4.79 Å². The maximum Gasteiger partial charge on any atom is 0.239 e. The second kappa shape index (κ2) is 6.09. The molecule has 2 heterocycles. The van der Waals surface area contributed by atoms with Gasteiger partial charge >= 0.3 is 0 Å². The Hall–Kier alpha value is -1.82. The standard InChI is InChI=1S/C14H23N5O/c1-11(14(20)17(2)3)18-6-8-19(9-7-18)13-4-5-16-10-12(13)15/h4-5,10-11H,6-9,15H2,1-3H3. The maximum atomic E-state index is 12.0. The zero-order valence-corrected chi connectivity index (χ0v) is 12.4. The Balaban J connectivity index is 1.96. The molecule has 1 fully saturated rings. The van der Waals surface area contributed by atoms with Crippen molar-refractivity contribution in [3.63, 3.8) is 0 Å². The second-order valence-electron chi connectivity index (χ2n) is 5.37. The fourth-order valence-electron chi connectivity index (χ4n) is 2.57. The summed E-state index contributed by atoms with van der Waals surface area (Å²) in [6.07, 6.45) is 3.44. The first-order chi connectivity index (χ1) is 9.50. The van der Waals surface area contributed by atoms with E-state index in [-0.39, 0.29) is 11.9 Å². The minimum absolute atomic E-state index is 0.0677. The summed E-state index contributed by atoms with van der Waals surface area (Å²) in [5.74, 6) is 0.155. The zero-order chi connectivity index (χ0) is 14.7. The first kappa shape index (κ1) is 14.6. The molecule has 2 rings (SSSR count). The average molecular weight is 277 g/mol. The van der Waals surface area contributed by atoms with Crippen LogP contribution in [0.1, 0.15) is 6.92 Å². The predicted molar refractivity (Wildman–Crippen MR) is 80.6 cm³/mol. The molecule has 1 amide bonds. The van der Waals surface area contributed by atoms with Crippen LogP contribution in [0.3, 0.4) is 0 Å². The van der Waals surface area contributed by atoms with Crippen LogP contribution in [0.5, 0.6) is 0 Å². The van der Waals surface area contributed by atoms with Gasteiger partial charge in [0.1, 0.15) is 0 Å². The minimum atomic E-state index is -0.0677. The molecule has 1 atom stereocenters. The van der Waals surface area contributed by atoms with Crippen LogP contribution in [0.4, 0.5) is 11.4 Å². The molecule has 1 unspecified atom stereocenters. The molecule has 6 nitrogen and oxygen atoms in total. The SMILES string of the molecule is CC(C(=O)N(C)C)N1CCN(c2ccncc2N)CC1. The van der Waals surface area contributed by atoms with Gasteiger partial charge in [0.15, 0.2) is 0 Å². The molecule has 0 aromatic carbocycles. The summed E-state index contributed by atoms with van der Waals surface area (Å²) in [7, 11) is 3.60. The van der Waals surface area contributed by atoms with Crippen molar-refractivity contribution in [3.8, 4) is 0 Å². The normalized spacial score (nSPS) is 17.9. The average Bonchev–Trinajstić information content (AvgIpc) is 2.46. The van der Waals surface area contributed by atoms with Gasteiger partial charge in [-0.15, -0.1) is 0 Å². The van der Waals surface area contributed by atoms with Crippen molar-refractivity contribution < 1.29 is 4.79 Å². The number of amides is 1. The molecule has 1 aliphatic rings. The fourth-order valence-corrected chi connectivity index (χ4v) is 2.57. The van der Waals surface area contributed by atoms with Gasteiger partial charge in [-0.25, -0.2) is 0 Å². The van der Waals surface area contributed by atoms with E-state index >= 15 is 0 Å². The third-order valence-electron chi connectivity index (χ3n) is 3.83. The lowest BCUT2D eigenvalue weighted by Gasteiger charge is -2.39. The van der Waals surface area contributed by atoms with Gasteiger partial charge in [-0.2, -0.15) is 0 Å². The van der Waals surface area contributed by atoms with Gasteiger partial charge in [0.05, 0.1) is 23.6 Å². The molecular weight excluding hydrogens is 254 g/mol. The predicted octanol–water partition coefficient (Wildman–Crippen LogP) is 0.263. The maximum absolute atomic E-state index is 12.0. The highest BCUT2D eigenvalue weighted by Crippen LogP contribution is 2.23. The molecule has 20 heavy (non-hydrogen) atoms. The van der Waals surface area contributed by atoms with Crippen LogP contribution in [0, 0.1) is 0 Å². The molecule has 0 radical (unpaired) electrons. The van der Waals surface area contributed by atoms with E-state index < -0.39 is 0 Å². The summed E-state index contributed by atoms with van der Waals surface area (Å²) >= 11 is 0. The number of rotatable bonds is 3. The Labute approximate surface area is 120 Å². The summed E-state index contributed by atoms with van der Waals surface area (Å²) < 4.78 is 0. The Morgan fingerprint density at radius 2 is 2.00 bits per heavy atom. The highest BCUT2D eigenvalue weighted by Gasteiger charge is 2.26. The largest absolute Gasteiger partial charge is 0.396 e. The van der Waals surface area contributed by atoms with E-state index in [1.54, 1.807) is 31.4 Å². The Kier molecular flexibility index (Phi) is 4.44. The van der Waals surface area contributed by atoms with Crippen LogP contribution < -0.4 is 10.6 Å². The van der Waals surface area contributed by atoms with E-state index in [1.807, 2.05) is 13.0 Å². The van der Waals surface area contributed by atoms with Gasteiger partial charge in [0.2, 0.25) is 5.91 Å². The number of carbonyl (C=O) groups is 1.